The molecular weight excluding hydrogens is 299 g/mol. The van der Waals surface area contributed by atoms with E-state index < -0.39 is 0 Å². The van der Waals surface area contributed by atoms with E-state index in [9.17, 15) is 4.39 Å². The predicted molar refractivity (Wildman–Crippen MR) is 87.0 cm³/mol. The quantitative estimate of drug-likeness (QED) is 0.588. The molecule has 0 spiro atoms. The van der Waals surface area contributed by atoms with Gasteiger partial charge in [0.2, 0.25) is 4.77 Å². The summed E-state index contributed by atoms with van der Waals surface area (Å²) < 4.78 is 15.6. The number of H-pyrrole nitrogens is 1. The fraction of sp³-hybridized carbons (Fsp3) is 0.0625. The zero-order valence-corrected chi connectivity index (χ0v) is 12.6. The molecule has 0 aliphatic heterocycles. The monoisotopic (exact) mass is 312 g/mol. The molecule has 1 N–H and O–H groups in total. The molecule has 6 heteroatoms. The Bertz CT molecular complexity index is 895. The average molecular weight is 312 g/mol. The minimum Gasteiger partial charge on any atom is -0.250 e. The highest BCUT2D eigenvalue weighted by molar-refractivity contribution is 7.71. The van der Waals surface area contributed by atoms with Crippen LogP contribution < -0.4 is 0 Å². The summed E-state index contributed by atoms with van der Waals surface area (Å²) in [4.78, 5) is 0. The number of nitrogens with one attached hydrogen (secondary N) is 1. The molecule has 0 atom stereocenters. The Morgan fingerprint density at radius 1 is 1.23 bits per heavy atom. The van der Waals surface area contributed by atoms with E-state index in [2.05, 4.69) is 15.3 Å². The Hall–Kier alpha value is -2.60. The van der Waals surface area contributed by atoms with Crippen LogP contribution in [0, 0.1) is 17.5 Å². The van der Waals surface area contributed by atoms with E-state index >= 15 is 0 Å². The summed E-state index contributed by atoms with van der Waals surface area (Å²) in [7, 11) is 0. The lowest BCUT2D eigenvalue weighted by Crippen LogP contribution is -1.96. The van der Waals surface area contributed by atoms with E-state index in [1.54, 1.807) is 24.4 Å². The zero-order valence-electron chi connectivity index (χ0n) is 11.8. The van der Waals surface area contributed by atoms with Crippen molar-refractivity contribution in [3.05, 3.63) is 70.2 Å². The minimum absolute atomic E-state index is 0.308. The predicted octanol–water partition coefficient (Wildman–Crippen LogP) is 3.94. The second kappa shape index (κ2) is 6.03. The third kappa shape index (κ3) is 2.87. The van der Waals surface area contributed by atoms with Crippen LogP contribution in [0.3, 0.4) is 0 Å². The third-order valence-corrected chi connectivity index (χ3v) is 3.39. The van der Waals surface area contributed by atoms with Crippen molar-refractivity contribution in [1.82, 2.24) is 14.9 Å². The molecule has 0 amide bonds. The van der Waals surface area contributed by atoms with Crippen LogP contribution in [-0.2, 0) is 0 Å². The van der Waals surface area contributed by atoms with Gasteiger partial charge in [0.05, 0.1) is 11.8 Å². The number of hydrogen-bond donors (Lipinski definition) is 1. The summed E-state index contributed by atoms with van der Waals surface area (Å²) in [5.41, 5.74) is 2.41. The number of rotatable bonds is 3. The molecule has 4 nitrogen and oxygen atoms in total. The fourth-order valence-electron chi connectivity index (χ4n) is 2.09. The molecule has 0 radical (unpaired) electrons. The first-order valence-corrected chi connectivity index (χ1v) is 7.09. The first kappa shape index (κ1) is 14.3. The minimum atomic E-state index is -0.372. The van der Waals surface area contributed by atoms with Crippen LogP contribution in [0.25, 0.3) is 11.4 Å². The summed E-state index contributed by atoms with van der Waals surface area (Å²) >= 11 is 5.17. The second-order valence-corrected chi connectivity index (χ2v) is 5.19. The first-order chi connectivity index (χ1) is 10.6. The Kier molecular flexibility index (Phi) is 3.93. The molecule has 1 heterocycles. The number of aryl methyl sites for hydroxylation is 1. The van der Waals surface area contributed by atoms with Crippen molar-refractivity contribution in [3.8, 4) is 11.4 Å². The molecule has 3 aromatic rings. The van der Waals surface area contributed by atoms with E-state index in [0.717, 1.165) is 11.1 Å². The highest BCUT2D eigenvalue weighted by Crippen LogP contribution is 2.20. The summed E-state index contributed by atoms with van der Waals surface area (Å²) in [6.07, 6.45) is 1.67. The lowest BCUT2D eigenvalue weighted by molar-refractivity contribution is 0.628. The summed E-state index contributed by atoms with van der Waals surface area (Å²) in [5.74, 6) is -0.0319. The van der Waals surface area contributed by atoms with E-state index in [1.807, 2.05) is 31.2 Å². The summed E-state index contributed by atoms with van der Waals surface area (Å²) in [6.45, 7) is 2.01. The van der Waals surface area contributed by atoms with Gasteiger partial charge < -0.3 is 0 Å². The first-order valence-electron chi connectivity index (χ1n) is 6.68. The van der Waals surface area contributed by atoms with Gasteiger partial charge in [0, 0.05) is 0 Å². The molecule has 22 heavy (non-hydrogen) atoms. The van der Waals surface area contributed by atoms with Gasteiger partial charge >= 0.3 is 0 Å². The van der Waals surface area contributed by atoms with Crippen molar-refractivity contribution in [2.75, 3.05) is 0 Å². The van der Waals surface area contributed by atoms with Gasteiger partial charge in [-0.1, -0.05) is 42.0 Å². The normalized spacial score (nSPS) is 11.2. The van der Waals surface area contributed by atoms with Crippen molar-refractivity contribution >= 4 is 18.4 Å². The second-order valence-electron chi connectivity index (χ2n) is 4.80. The topological polar surface area (TPSA) is 46.0 Å². The Morgan fingerprint density at radius 3 is 2.82 bits per heavy atom. The zero-order chi connectivity index (χ0) is 15.5. The molecule has 0 saturated heterocycles. The smallest absolute Gasteiger partial charge is 0.216 e. The number of aromatic amines is 1. The number of benzene rings is 2. The lowest BCUT2D eigenvalue weighted by atomic mass is 10.2. The van der Waals surface area contributed by atoms with Gasteiger partial charge in [0.15, 0.2) is 5.82 Å². The van der Waals surface area contributed by atoms with Crippen molar-refractivity contribution in [2.45, 2.75) is 6.92 Å². The molecule has 2 aromatic carbocycles. The maximum Gasteiger partial charge on any atom is 0.216 e. The van der Waals surface area contributed by atoms with Crippen LogP contribution in [0.5, 0.6) is 0 Å². The van der Waals surface area contributed by atoms with E-state index in [1.165, 1.54) is 10.7 Å². The van der Waals surface area contributed by atoms with Crippen molar-refractivity contribution < 1.29 is 4.39 Å². The number of hydrogen-bond acceptors (Lipinski definition) is 3. The third-order valence-electron chi connectivity index (χ3n) is 3.13. The number of aromatic nitrogens is 3. The van der Waals surface area contributed by atoms with Gasteiger partial charge in [-0.25, -0.2) is 9.49 Å². The van der Waals surface area contributed by atoms with Crippen molar-refractivity contribution in [3.63, 3.8) is 0 Å². The Labute approximate surface area is 131 Å². The average Bonchev–Trinajstić information content (AvgIpc) is 2.87. The SMILES string of the molecule is Cc1cccc(/C=N/n2c(-c3ccccc3F)n[nH]c2=S)c1. The Balaban J connectivity index is 2.04. The Morgan fingerprint density at radius 2 is 2.05 bits per heavy atom. The summed E-state index contributed by atoms with van der Waals surface area (Å²) in [5, 5.41) is 11.0. The highest BCUT2D eigenvalue weighted by atomic mass is 32.1. The van der Waals surface area contributed by atoms with Gasteiger partial charge in [0.25, 0.3) is 0 Å². The fourth-order valence-corrected chi connectivity index (χ4v) is 2.27. The van der Waals surface area contributed by atoms with Gasteiger partial charge in [0.1, 0.15) is 5.82 Å². The maximum atomic E-state index is 13.9. The van der Waals surface area contributed by atoms with Crippen LogP contribution >= 0.6 is 12.2 Å². The lowest BCUT2D eigenvalue weighted by Gasteiger charge is -2.02. The van der Waals surface area contributed by atoms with Gasteiger partial charge in [-0.2, -0.15) is 14.9 Å². The van der Waals surface area contributed by atoms with Crippen molar-refractivity contribution in [2.24, 2.45) is 5.10 Å². The van der Waals surface area contributed by atoms with E-state index in [0.29, 0.717) is 16.2 Å². The van der Waals surface area contributed by atoms with Gasteiger partial charge in [-0.15, -0.1) is 0 Å². The van der Waals surface area contributed by atoms with Crippen LogP contribution in [0.15, 0.2) is 53.6 Å². The molecule has 3 rings (SSSR count). The standard InChI is InChI=1S/C16H13FN4S/c1-11-5-4-6-12(9-11)10-18-21-15(19-20-16(21)22)13-7-2-3-8-14(13)17/h2-10H,1H3,(H,20,22)/b18-10+. The molecule has 0 unspecified atom stereocenters. The van der Waals surface area contributed by atoms with Crippen molar-refractivity contribution in [1.29, 1.82) is 0 Å². The van der Waals surface area contributed by atoms with Crippen LogP contribution in [0.1, 0.15) is 11.1 Å². The van der Waals surface area contributed by atoms with E-state index in [4.69, 9.17) is 12.2 Å². The van der Waals surface area contributed by atoms with Crippen LogP contribution in [0.2, 0.25) is 0 Å². The molecular formula is C16H13FN4S. The van der Waals surface area contributed by atoms with Crippen LogP contribution in [0.4, 0.5) is 4.39 Å². The highest BCUT2D eigenvalue weighted by Gasteiger charge is 2.12. The molecule has 0 aliphatic rings. The summed E-state index contributed by atoms with van der Waals surface area (Å²) in [6, 6.07) is 14.3. The molecule has 0 bridgehead atoms. The van der Waals surface area contributed by atoms with E-state index in [-0.39, 0.29) is 5.82 Å². The van der Waals surface area contributed by atoms with Gasteiger partial charge in [-0.05, 0) is 36.8 Å². The van der Waals surface area contributed by atoms with Crippen LogP contribution in [-0.4, -0.2) is 21.1 Å². The maximum absolute atomic E-state index is 13.9. The number of halogens is 1. The molecule has 0 aliphatic carbocycles. The van der Waals surface area contributed by atoms with Gasteiger partial charge in [-0.3, -0.25) is 0 Å². The largest absolute Gasteiger partial charge is 0.250 e. The molecule has 110 valence electrons. The number of nitrogens with zero attached hydrogens (tertiary/aromatic N) is 3. The molecule has 0 fully saturated rings. The molecule has 0 saturated carbocycles. The molecule has 1 aromatic heterocycles.